The fraction of sp³-hybridized carbons (Fsp3) is 0.0263. The van der Waals surface area contributed by atoms with Crippen molar-refractivity contribution in [2.45, 2.75) is 6.17 Å². The van der Waals surface area contributed by atoms with Crippen LogP contribution in [0.15, 0.2) is 148 Å². The van der Waals surface area contributed by atoms with Crippen LogP contribution in [0.2, 0.25) is 0 Å². The highest BCUT2D eigenvalue weighted by Crippen LogP contribution is 2.33. The van der Waals surface area contributed by atoms with Gasteiger partial charge in [0.1, 0.15) is 23.1 Å². The number of nitrogens with one attached hydrogen (secondary N) is 1. The molecule has 1 N–H and O–H groups in total. The van der Waals surface area contributed by atoms with Gasteiger partial charge in [-0.05, 0) is 68.2 Å². The van der Waals surface area contributed by atoms with Crippen LogP contribution in [-0.4, -0.2) is 16.7 Å². The van der Waals surface area contributed by atoms with Gasteiger partial charge in [0.15, 0.2) is 11.4 Å². The van der Waals surface area contributed by atoms with Gasteiger partial charge in [0, 0.05) is 17.3 Å². The number of fused-ring (bicyclic) bond motifs is 7. The Labute approximate surface area is 246 Å². The quantitative estimate of drug-likeness (QED) is 0.223. The Bertz CT molecular complexity index is 2450. The average Bonchev–Trinajstić information content (AvgIpc) is 3.46. The maximum atomic E-state index is 6.16. The standard InChI is InChI=1S/C38H24N4O/c1-2-9-25-21-27(17-14-23(25)7-1)36-40-37(28-18-19-30-26(22-28)16-15-24-8-3-4-10-29(24)30)42-38(41-36)31-11-5-12-32-34(31)35-33(43-32)13-6-20-39-35/h1-22,36H,(H,40,41,42). The lowest BCUT2D eigenvalue weighted by Gasteiger charge is -2.24. The summed E-state index contributed by atoms with van der Waals surface area (Å²) in [5, 5.41) is 11.8. The summed E-state index contributed by atoms with van der Waals surface area (Å²) in [6.45, 7) is 0. The molecule has 5 nitrogen and oxygen atoms in total. The van der Waals surface area contributed by atoms with Gasteiger partial charge < -0.3 is 9.73 Å². The molecule has 0 saturated heterocycles. The normalized spacial score (nSPS) is 15.2. The third-order valence-electron chi connectivity index (χ3n) is 8.34. The maximum absolute atomic E-state index is 6.16. The summed E-state index contributed by atoms with van der Waals surface area (Å²) in [5.41, 5.74) is 5.32. The number of nitrogens with zero attached hydrogens (tertiary/aromatic N) is 3. The van der Waals surface area contributed by atoms with Gasteiger partial charge in [0.25, 0.3) is 0 Å². The van der Waals surface area contributed by atoms with Crippen LogP contribution in [0.1, 0.15) is 22.9 Å². The van der Waals surface area contributed by atoms with Gasteiger partial charge >= 0.3 is 0 Å². The third-order valence-corrected chi connectivity index (χ3v) is 8.34. The molecule has 2 aromatic heterocycles. The van der Waals surface area contributed by atoms with E-state index in [-0.39, 0.29) is 6.17 Å². The molecule has 5 heteroatoms. The van der Waals surface area contributed by atoms with Crippen LogP contribution in [0.25, 0.3) is 54.4 Å². The van der Waals surface area contributed by atoms with Crippen LogP contribution in [0.3, 0.4) is 0 Å². The van der Waals surface area contributed by atoms with Crippen molar-refractivity contribution in [1.29, 1.82) is 0 Å². The summed E-state index contributed by atoms with van der Waals surface area (Å²) < 4.78 is 6.16. The topological polar surface area (TPSA) is 62.8 Å². The molecule has 9 rings (SSSR count). The molecule has 1 aliphatic rings. The highest BCUT2D eigenvalue weighted by molar-refractivity contribution is 6.21. The van der Waals surface area contributed by atoms with Crippen LogP contribution in [-0.2, 0) is 0 Å². The zero-order valence-electron chi connectivity index (χ0n) is 23.0. The SMILES string of the molecule is c1ccc2cc(C3N=C(c4ccc5c(ccc6ccccc65)c4)N=C(c4cccc5oc6cccnc6c45)N3)ccc2c1. The Morgan fingerprint density at radius 3 is 2.35 bits per heavy atom. The molecule has 0 spiro atoms. The predicted octanol–water partition coefficient (Wildman–Crippen LogP) is 8.94. The molecule has 0 bridgehead atoms. The van der Waals surface area contributed by atoms with E-state index >= 15 is 0 Å². The molecule has 8 aromatic rings. The van der Waals surface area contributed by atoms with Gasteiger partial charge in [-0.25, -0.2) is 9.98 Å². The van der Waals surface area contributed by atoms with Crippen molar-refractivity contribution in [3.63, 3.8) is 0 Å². The summed E-state index contributed by atoms with van der Waals surface area (Å²) in [5.74, 6) is 1.42. The number of aromatic nitrogens is 1. The molecule has 0 radical (unpaired) electrons. The van der Waals surface area contributed by atoms with Crippen molar-refractivity contribution in [2.75, 3.05) is 0 Å². The summed E-state index contributed by atoms with van der Waals surface area (Å²) in [6, 6.07) is 44.2. The molecular formula is C38H24N4O. The van der Waals surface area contributed by atoms with Gasteiger partial charge in [-0.2, -0.15) is 0 Å². The van der Waals surface area contributed by atoms with Crippen molar-refractivity contribution in [1.82, 2.24) is 10.3 Å². The van der Waals surface area contributed by atoms with Crippen molar-refractivity contribution < 1.29 is 4.42 Å². The third kappa shape index (κ3) is 3.90. The van der Waals surface area contributed by atoms with Crippen molar-refractivity contribution >= 4 is 66.1 Å². The lowest BCUT2D eigenvalue weighted by molar-refractivity contribution is 0.667. The van der Waals surface area contributed by atoms with Gasteiger partial charge in [-0.1, -0.05) is 97.1 Å². The molecule has 202 valence electrons. The van der Waals surface area contributed by atoms with E-state index in [1.165, 1.54) is 26.9 Å². The highest BCUT2D eigenvalue weighted by atomic mass is 16.3. The first-order chi connectivity index (χ1) is 21.3. The number of rotatable bonds is 3. The minimum atomic E-state index is -0.333. The largest absolute Gasteiger partial charge is 0.454 e. The lowest BCUT2D eigenvalue weighted by Crippen LogP contribution is -2.33. The molecule has 0 aliphatic carbocycles. The second-order valence-corrected chi connectivity index (χ2v) is 10.9. The average molecular weight is 553 g/mol. The maximum Gasteiger partial charge on any atom is 0.159 e. The smallest absolute Gasteiger partial charge is 0.159 e. The summed E-state index contributed by atoms with van der Waals surface area (Å²) in [7, 11) is 0. The van der Waals surface area contributed by atoms with E-state index in [1.807, 2.05) is 24.3 Å². The first kappa shape index (κ1) is 23.9. The van der Waals surface area contributed by atoms with Gasteiger partial charge in [0.05, 0.1) is 5.39 Å². The molecule has 1 aliphatic heterocycles. The zero-order valence-corrected chi connectivity index (χ0v) is 23.0. The van der Waals surface area contributed by atoms with E-state index in [9.17, 15) is 0 Å². The zero-order chi connectivity index (χ0) is 28.3. The Hall–Kier alpha value is -5.81. The van der Waals surface area contributed by atoms with E-state index in [4.69, 9.17) is 14.4 Å². The second-order valence-electron chi connectivity index (χ2n) is 10.9. The highest BCUT2D eigenvalue weighted by Gasteiger charge is 2.24. The second kappa shape index (κ2) is 9.36. The van der Waals surface area contributed by atoms with E-state index < -0.39 is 0 Å². The molecule has 1 unspecified atom stereocenters. The molecule has 3 heterocycles. The van der Waals surface area contributed by atoms with Crippen LogP contribution in [0.4, 0.5) is 0 Å². The van der Waals surface area contributed by atoms with Crippen molar-refractivity contribution in [3.8, 4) is 0 Å². The summed E-state index contributed by atoms with van der Waals surface area (Å²) in [6.07, 6.45) is 1.47. The molecule has 0 amide bonds. The van der Waals surface area contributed by atoms with E-state index in [0.717, 1.165) is 50.0 Å². The first-order valence-corrected chi connectivity index (χ1v) is 14.4. The number of benzene rings is 6. The number of hydrogen-bond donors (Lipinski definition) is 1. The Morgan fingerprint density at radius 1 is 0.605 bits per heavy atom. The van der Waals surface area contributed by atoms with Crippen LogP contribution in [0.5, 0.6) is 0 Å². The Morgan fingerprint density at radius 2 is 1.40 bits per heavy atom. The fourth-order valence-electron chi connectivity index (χ4n) is 6.25. The molecule has 6 aromatic carbocycles. The monoisotopic (exact) mass is 552 g/mol. The predicted molar refractivity (Wildman–Crippen MR) is 176 cm³/mol. The van der Waals surface area contributed by atoms with Crippen LogP contribution in [0, 0.1) is 0 Å². The number of furan rings is 1. The molecule has 0 saturated carbocycles. The van der Waals surface area contributed by atoms with Crippen LogP contribution >= 0.6 is 0 Å². The molecule has 1 atom stereocenters. The summed E-state index contributed by atoms with van der Waals surface area (Å²) in [4.78, 5) is 15.0. The summed E-state index contributed by atoms with van der Waals surface area (Å²) >= 11 is 0. The van der Waals surface area contributed by atoms with Crippen molar-refractivity contribution in [2.24, 2.45) is 9.98 Å². The van der Waals surface area contributed by atoms with E-state index in [0.29, 0.717) is 5.84 Å². The van der Waals surface area contributed by atoms with E-state index in [2.05, 4.69) is 113 Å². The van der Waals surface area contributed by atoms with E-state index in [1.54, 1.807) is 6.20 Å². The number of aliphatic imine (C=N–C) groups is 2. The number of hydrogen-bond acceptors (Lipinski definition) is 5. The molecule has 43 heavy (non-hydrogen) atoms. The molecular weight excluding hydrogens is 528 g/mol. The fourth-order valence-corrected chi connectivity index (χ4v) is 6.25. The van der Waals surface area contributed by atoms with Crippen molar-refractivity contribution in [3.05, 3.63) is 150 Å². The Balaban J connectivity index is 1.24. The van der Waals surface area contributed by atoms with Gasteiger partial charge in [-0.3, -0.25) is 4.98 Å². The van der Waals surface area contributed by atoms with Gasteiger partial charge in [-0.15, -0.1) is 0 Å². The minimum absolute atomic E-state index is 0.333. The minimum Gasteiger partial charge on any atom is -0.454 e. The first-order valence-electron chi connectivity index (χ1n) is 14.4. The van der Waals surface area contributed by atoms with Crippen LogP contribution < -0.4 is 5.32 Å². The lowest BCUT2D eigenvalue weighted by atomic mass is 9.99. The van der Waals surface area contributed by atoms with Gasteiger partial charge in [0.2, 0.25) is 0 Å². The Kier molecular flexibility index (Phi) is 5.19. The molecule has 0 fully saturated rings. The number of amidine groups is 2. The number of pyridine rings is 1.